The number of carbonyl (C=O) groups excluding carboxylic acids is 1. The second-order valence-corrected chi connectivity index (χ2v) is 7.80. The van der Waals surface area contributed by atoms with E-state index in [1.807, 2.05) is 60.7 Å². The summed E-state index contributed by atoms with van der Waals surface area (Å²) in [6.07, 6.45) is 3.14. The number of carbonyl (C=O) groups is 1. The Hall–Kier alpha value is -3.16. The molecule has 0 radical (unpaired) electrons. The van der Waals surface area contributed by atoms with Gasteiger partial charge in [-0.3, -0.25) is 10.1 Å². The van der Waals surface area contributed by atoms with Crippen LogP contribution in [0, 0.1) is 0 Å². The number of para-hydroxylation sites is 1. The second kappa shape index (κ2) is 8.69. The maximum atomic E-state index is 12.2. The van der Waals surface area contributed by atoms with E-state index >= 15 is 0 Å². The molecule has 0 saturated carbocycles. The Morgan fingerprint density at radius 2 is 1.83 bits per heavy atom. The van der Waals surface area contributed by atoms with Crippen molar-refractivity contribution in [3.8, 4) is 5.75 Å². The van der Waals surface area contributed by atoms with E-state index in [0.717, 1.165) is 26.4 Å². The first kappa shape index (κ1) is 20.1. The zero-order valence-corrected chi connectivity index (χ0v) is 18.3. The molecule has 0 fully saturated rings. The highest BCUT2D eigenvalue weighted by molar-refractivity contribution is 9.10. The lowest BCUT2D eigenvalue weighted by Gasteiger charge is -2.12. The van der Waals surface area contributed by atoms with Crippen molar-refractivity contribution in [1.29, 1.82) is 0 Å². The average Bonchev–Trinajstić information content (AvgIpc) is 3.10. The number of nitrogens with one attached hydrogen (secondary N) is 2. The minimum Gasteiger partial charge on any atom is -0.495 e. The van der Waals surface area contributed by atoms with Gasteiger partial charge in [-0.15, -0.1) is 0 Å². The quantitative estimate of drug-likeness (QED) is 0.282. The minimum absolute atomic E-state index is 0.161. The lowest BCUT2D eigenvalue weighted by atomic mass is 10.1. The zero-order chi connectivity index (χ0) is 21.1. The third-order valence-corrected chi connectivity index (χ3v) is 5.21. The molecule has 3 aromatic carbocycles. The summed E-state index contributed by atoms with van der Waals surface area (Å²) >= 11 is 8.67. The number of methoxy groups -OCH3 is 1. The van der Waals surface area contributed by atoms with Crippen LogP contribution in [0.4, 0.5) is 5.69 Å². The maximum absolute atomic E-state index is 12.2. The van der Waals surface area contributed by atoms with E-state index in [-0.39, 0.29) is 11.0 Å². The molecule has 1 aromatic heterocycles. The lowest BCUT2D eigenvalue weighted by Crippen LogP contribution is -2.32. The Bertz CT molecular complexity index is 1280. The standard InChI is InChI=1S/C23H17BrN2O3S/c1-28-21-12-17-16-4-2-3-5-19(16)29-20(17)13-18(21)25-23(30)26-22(27)11-8-14-6-9-15(24)10-7-14/h2-13H,1H3,(H2,25,26,27,30)/b11-8+. The SMILES string of the molecule is COc1cc2c(cc1NC(=S)NC(=O)/C=C/c1ccc(Br)cc1)oc1ccccc12. The molecule has 0 aliphatic heterocycles. The van der Waals surface area contributed by atoms with Gasteiger partial charge in [0.25, 0.3) is 0 Å². The number of amides is 1. The highest BCUT2D eigenvalue weighted by Gasteiger charge is 2.13. The number of ether oxygens (including phenoxy) is 1. The molecule has 1 amide bonds. The minimum atomic E-state index is -0.334. The summed E-state index contributed by atoms with van der Waals surface area (Å²) in [7, 11) is 1.58. The van der Waals surface area contributed by atoms with Gasteiger partial charge in [-0.25, -0.2) is 0 Å². The number of fused-ring (bicyclic) bond motifs is 3. The monoisotopic (exact) mass is 480 g/mol. The summed E-state index contributed by atoms with van der Waals surface area (Å²) in [4.78, 5) is 12.2. The van der Waals surface area contributed by atoms with Gasteiger partial charge in [0.05, 0.1) is 12.8 Å². The van der Waals surface area contributed by atoms with Gasteiger partial charge in [0.15, 0.2) is 5.11 Å². The fourth-order valence-corrected chi connectivity index (χ4v) is 3.55. The second-order valence-electron chi connectivity index (χ2n) is 6.48. The van der Waals surface area contributed by atoms with Gasteiger partial charge in [0, 0.05) is 27.4 Å². The summed E-state index contributed by atoms with van der Waals surface area (Å²) < 4.78 is 12.4. The van der Waals surface area contributed by atoms with Crippen molar-refractivity contribution in [3.05, 3.63) is 76.8 Å². The van der Waals surface area contributed by atoms with Crippen LogP contribution in [-0.4, -0.2) is 18.1 Å². The van der Waals surface area contributed by atoms with Crippen LogP contribution in [0.5, 0.6) is 5.75 Å². The number of benzene rings is 3. The fourth-order valence-electron chi connectivity index (χ4n) is 3.07. The average molecular weight is 481 g/mol. The van der Waals surface area contributed by atoms with Crippen LogP contribution in [0.15, 0.2) is 75.6 Å². The van der Waals surface area contributed by atoms with Crippen LogP contribution in [0.25, 0.3) is 28.0 Å². The molecule has 4 rings (SSSR count). The first-order chi connectivity index (χ1) is 14.5. The molecule has 2 N–H and O–H groups in total. The number of hydrogen-bond donors (Lipinski definition) is 2. The third kappa shape index (κ3) is 4.37. The summed E-state index contributed by atoms with van der Waals surface area (Å²) in [5.74, 6) is 0.259. The Balaban J connectivity index is 1.50. The maximum Gasteiger partial charge on any atom is 0.250 e. The van der Waals surface area contributed by atoms with E-state index in [1.54, 1.807) is 13.2 Å². The van der Waals surface area contributed by atoms with Gasteiger partial charge in [-0.1, -0.05) is 46.3 Å². The van der Waals surface area contributed by atoms with Crippen molar-refractivity contribution >= 4 is 72.9 Å². The largest absolute Gasteiger partial charge is 0.495 e. The topological polar surface area (TPSA) is 63.5 Å². The molecule has 30 heavy (non-hydrogen) atoms. The summed E-state index contributed by atoms with van der Waals surface area (Å²) in [6, 6.07) is 19.1. The Kier molecular flexibility index (Phi) is 5.83. The van der Waals surface area contributed by atoms with E-state index in [4.69, 9.17) is 21.4 Å². The first-order valence-electron chi connectivity index (χ1n) is 9.08. The lowest BCUT2D eigenvalue weighted by molar-refractivity contribution is -0.115. The van der Waals surface area contributed by atoms with Crippen molar-refractivity contribution in [1.82, 2.24) is 5.32 Å². The molecule has 1 heterocycles. The van der Waals surface area contributed by atoms with E-state index < -0.39 is 0 Å². The number of furan rings is 1. The first-order valence-corrected chi connectivity index (χ1v) is 10.3. The van der Waals surface area contributed by atoms with Crippen molar-refractivity contribution in [2.45, 2.75) is 0 Å². The molecule has 150 valence electrons. The van der Waals surface area contributed by atoms with E-state index in [9.17, 15) is 4.79 Å². The molecule has 0 aliphatic rings. The van der Waals surface area contributed by atoms with Crippen LogP contribution < -0.4 is 15.4 Å². The van der Waals surface area contributed by atoms with Gasteiger partial charge in [0.2, 0.25) is 5.91 Å². The number of hydrogen-bond acceptors (Lipinski definition) is 4. The van der Waals surface area contributed by atoms with Crippen molar-refractivity contribution in [2.24, 2.45) is 0 Å². The molecule has 0 unspecified atom stereocenters. The molecule has 0 spiro atoms. The number of halogens is 1. The van der Waals surface area contributed by atoms with Crippen molar-refractivity contribution in [2.75, 3.05) is 12.4 Å². The normalized spacial score (nSPS) is 11.1. The third-order valence-electron chi connectivity index (χ3n) is 4.48. The van der Waals surface area contributed by atoms with E-state index in [0.29, 0.717) is 17.0 Å². The Morgan fingerprint density at radius 1 is 1.07 bits per heavy atom. The van der Waals surface area contributed by atoms with Crippen LogP contribution in [0.1, 0.15) is 5.56 Å². The summed E-state index contributed by atoms with van der Waals surface area (Å²) in [5, 5.41) is 7.76. The van der Waals surface area contributed by atoms with Gasteiger partial charge in [0.1, 0.15) is 16.9 Å². The predicted octanol–water partition coefficient (Wildman–Crippen LogP) is 5.88. The predicted molar refractivity (Wildman–Crippen MR) is 128 cm³/mol. The molecule has 0 saturated heterocycles. The van der Waals surface area contributed by atoms with Crippen LogP contribution in [-0.2, 0) is 4.79 Å². The molecule has 7 heteroatoms. The number of thiocarbonyl (C=S) groups is 1. The fraction of sp³-hybridized carbons (Fsp3) is 0.0435. The zero-order valence-electron chi connectivity index (χ0n) is 15.9. The number of anilines is 1. The van der Waals surface area contributed by atoms with Gasteiger partial charge < -0.3 is 14.5 Å². The highest BCUT2D eigenvalue weighted by atomic mass is 79.9. The van der Waals surface area contributed by atoms with Gasteiger partial charge in [-0.2, -0.15) is 0 Å². The van der Waals surface area contributed by atoms with Crippen LogP contribution in [0.3, 0.4) is 0 Å². The molecule has 0 bridgehead atoms. The van der Waals surface area contributed by atoms with Crippen LogP contribution >= 0.6 is 28.1 Å². The van der Waals surface area contributed by atoms with Crippen LogP contribution in [0.2, 0.25) is 0 Å². The van der Waals surface area contributed by atoms with E-state index in [1.165, 1.54) is 6.08 Å². The van der Waals surface area contributed by atoms with Gasteiger partial charge >= 0.3 is 0 Å². The Morgan fingerprint density at radius 3 is 2.60 bits per heavy atom. The molecule has 4 aromatic rings. The smallest absolute Gasteiger partial charge is 0.250 e. The number of rotatable bonds is 4. The molecular formula is C23H17BrN2O3S. The van der Waals surface area contributed by atoms with E-state index in [2.05, 4.69) is 26.6 Å². The Labute approximate surface area is 186 Å². The summed E-state index contributed by atoms with van der Waals surface area (Å²) in [5.41, 5.74) is 3.00. The van der Waals surface area contributed by atoms with Gasteiger partial charge in [-0.05, 0) is 48.1 Å². The van der Waals surface area contributed by atoms with Crippen molar-refractivity contribution < 1.29 is 13.9 Å². The molecular weight excluding hydrogens is 464 g/mol. The van der Waals surface area contributed by atoms with Crippen molar-refractivity contribution in [3.63, 3.8) is 0 Å². The molecule has 0 aliphatic carbocycles. The molecule has 0 atom stereocenters. The molecule has 5 nitrogen and oxygen atoms in total. The summed E-state index contributed by atoms with van der Waals surface area (Å²) in [6.45, 7) is 0. The highest BCUT2D eigenvalue weighted by Crippen LogP contribution is 2.36.